The van der Waals surface area contributed by atoms with Crippen molar-refractivity contribution in [3.8, 4) is 0 Å². The number of nitrogens with zero attached hydrogens (tertiary/aromatic N) is 1. The van der Waals surface area contributed by atoms with Crippen molar-refractivity contribution in [1.82, 2.24) is 4.90 Å². The predicted molar refractivity (Wildman–Crippen MR) is 58.4 cm³/mol. The van der Waals surface area contributed by atoms with Gasteiger partial charge in [0.15, 0.2) is 0 Å². The number of hydrogen-bond donors (Lipinski definition) is 0. The molecule has 3 saturated heterocycles. The Morgan fingerprint density at radius 2 is 1.44 bits per heavy atom. The Hall–Kier alpha value is -0.940. The third kappa shape index (κ3) is 0.703. The Kier molecular flexibility index (Phi) is 1.39. The summed E-state index contributed by atoms with van der Waals surface area (Å²) in [5.74, 6) is -0.0395. The number of amides is 2. The molecule has 0 N–H and O–H groups in total. The van der Waals surface area contributed by atoms with E-state index in [1.807, 2.05) is 0 Å². The van der Waals surface area contributed by atoms with E-state index in [2.05, 4.69) is 0 Å². The van der Waals surface area contributed by atoms with Crippen LogP contribution in [0, 0.1) is 10.8 Å². The second-order valence-electron chi connectivity index (χ2n) is 6.36. The van der Waals surface area contributed by atoms with E-state index >= 15 is 0 Å². The Bertz CT molecular complexity index is 461. The van der Waals surface area contributed by atoms with Crippen LogP contribution in [0.4, 0.5) is 0 Å². The molecule has 0 aromatic heterocycles. The van der Waals surface area contributed by atoms with Gasteiger partial charge in [0.05, 0.1) is 10.8 Å². The molecule has 2 aliphatic carbocycles. The lowest BCUT2D eigenvalue weighted by Crippen LogP contribution is -2.57. The Labute approximate surface area is 104 Å². The van der Waals surface area contributed by atoms with Gasteiger partial charge in [-0.05, 0) is 12.8 Å². The maximum atomic E-state index is 12.7. The van der Waals surface area contributed by atoms with E-state index in [-0.39, 0.29) is 36.2 Å². The smallest absolute Gasteiger partial charge is 0.239 e. The van der Waals surface area contributed by atoms with Gasteiger partial charge in [-0.25, -0.2) is 0 Å². The maximum Gasteiger partial charge on any atom is 0.239 e. The first-order valence-electron chi connectivity index (χ1n) is 6.78. The van der Waals surface area contributed by atoms with Crippen molar-refractivity contribution in [3.05, 3.63) is 0 Å². The van der Waals surface area contributed by atoms with Crippen LogP contribution in [0.15, 0.2) is 0 Å². The summed E-state index contributed by atoms with van der Waals surface area (Å²) >= 11 is 0. The summed E-state index contributed by atoms with van der Waals surface area (Å²) in [4.78, 5) is 26.7. The molecule has 0 aromatic carbocycles. The Morgan fingerprint density at radius 1 is 1.00 bits per heavy atom. The SMILES string of the molecule is CN1C(=O)C23CCCCC2(C1=O)C1OC1C1OC13. The van der Waals surface area contributed by atoms with Gasteiger partial charge in [0, 0.05) is 7.05 Å². The molecule has 0 bridgehead atoms. The maximum absolute atomic E-state index is 12.7. The molecule has 0 aromatic rings. The fourth-order valence-corrected chi connectivity index (χ4v) is 5.12. The van der Waals surface area contributed by atoms with Crippen molar-refractivity contribution in [2.75, 3.05) is 7.05 Å². The van der Waals surface area contributed by atoms with E-state index in [0.717, 1.165) is 25.7 Å². The zero-order chi connectivity index (χ0) is 12.3. The minimum Gasteiger partial charge on any atom is -0.365 e. The van der Waals surface area contributed by atoms with Gasteiger partial charge in [0.2, 0.25) is 11.8 Å². The van der Waals surface area contributed by atoms with Crippen molar-refractivity contribution in [1.29, 1.82) is 0 Å². The minimum atomic E-state index is -0.598. The highest BCUT2D eigenvalue weighted by Gasteiger charge is 2.88. The van der Waals surface area contributed by atoms with Crippen LogP contribution in [0.5, 0.6) is 0 Å². The summed E-state index contributed by atoms with van der Waals surface area (Å²) in [5, 5.41) is 0. The fourth-order valence-electron chi connectivity index (χ4n) is 5.12. The summed E-state index contributed by atoms with van der Waals surface area (Å²) < 4.78 is 11.5. The van der Waals surface area contributed by atoms with E-state index in [4.69, 9.17) is 9.47 Å². The third-order valence-electron chi connectivity index (χ3n) is 5.91. The quantitative estimate of drug-likeness (QED) is 0.450. The molecule has 0 radical (unpaired) electrons. The molecule has 0 spiro atoms. The first kappa shape index (κ1) is 9.92. The fraction of sp³-hybridized carbons (Fsp3) is 0.846. The molecule has 5 nitrogen and oxygen atoms in total. The van der Waals surface area contributed by atoms with Crippen LogP contribution in [0.2, 0.25) is 0 Å². The van der Waals surface area contributed by atoms with Gasteiger partial charge in [0.25, 0.3) is 0 Å². The molecule has 2 amide bonds. The molecule has 2 saturated carbocycles. The van der Waals surface area contributed by atoms with Gasteiger partial charge < -0.3 is 9.47 Å². The Morgan fingerprint density at radius 3 is 1.89 bits per heavy atom. The average Bonchev–Trinajstić information content (AvgIpc) is 3.25. The second-order valence-corrected chi connectivity index (χ2v) is 6.36. The number of epoxide rings is 2. The van der Waals surface area contributed by atoms with Crippen molar-refractivity contribution >= 4 is 11.8 Å². The number of hydrogen-bond acceptors (Lipinski definition) is 4. The van der Waals surface area contributed by atoms with Crippen LogP contribution in [0.3, 0.4) is 0 Å². The number of rotatable bonds is 0. The topological polar surface area (TPSA) is 62.4 Å². The standard InChI is InChI=1S/C13H15NO4/c1-14-10(15)12-4-2-3-5-13(12,11(14)16)9-7(18-9)6-8(12)17-6/h6-9H,2-5H2,1H3. The lowest BCUT2D eigenvalue weighted by atomic mass is 9.51. The molecule has 3 heterocycles. The number of ether oxygens (including phenoxy) is 2. The van der Waals surface area contributed by atoms with Gasteiger partial charge in [-0.3, -0.25) is 14.5 Å². The minimum absolute atomic E-state index is 0.0198. The van der Waals surface area contributed by atoms with Crippen molar-refractivity contribution in [2.24, 2.45) is 10.8 Å². The highest BCUT2D eigenvalue weighted by molar-refractivity contribution is 6.11. The normalized spacial score (nSPS) is 59.7. The highest BCUT2D eigenvalue weighted by Crippen LogP contribution is 2.73. The van der Waals surface area contributed by atoms with Gasteiger partial charge in [0.1, 0.15) is 24.4 Å². The third-order valence-corrected chi connectivity index (χ3v) is 5.91. The van der Waals surface area contributed by atoms with Gasteiger partial charge in [-0.15, -0.1) is 0 Å². The molecule has 6 unspecified atom stereocenters. The number of likely N-dealkylation sites (tertiary alicyclic amines) is 1. The number of carbonyl (C=O) groups excluding carboxylic acids is 2. The molecule has 5 heteroatoms. The molecule has 96 valence electrons. The Balaban J connectivity index is 1.79. The van der Waals surface area contributed by atoms with E-state index in [0.29, 0.717) is 0 Å². The number of imide groups is 1. The summed E-state index contributed by atoms with van der Waals surface area (Å²) in [6.07, 6.45) is 3.61. The monoisotopic (exact) mass is 249 g/mol. The molecule has 6 atom stereocenters. The van der Waals surface area contributed by atoms with Crippen LogP contribution in [0.25, 0.3) is 0 Å². The molecular weight excluding hydrogens is 234 g/mol. The van der Waals surface area contributed by atoms with E-state index in [9.17, 15) is 9.59 Å². The zero-order valence-electron chi connectivity index (χ0n) is 10.2. The molecule has 5 rings (SSSR count). The summed E-state index contributed by atoms with van der Waals surface area (Å²) in [6.45, 7) is 0. The molecule has 18 heavy (non-hydrogen) atoms. The van der Waals surface area contributed by atoms with Crippen molar-refractivity contribution in [3.63, 3.8) is 0 Å². The average molecular weight is 249 g/mol. The van der Waals surface area contributed by atoms with E-state index in [1.54, 1.807) is 7.05 Å². The molecule has 5 aliphatic rings. The molecular formula is C13H15NO4. The first-order valence-corrected chi connectivity index (χ1v) is 6.78. The summed E-state index contributed by atoms with van der Waals surface area (Å²) in [7, 11) is 1.62. The van der Waals surface area contributed by atoms with Crippen molar-refractivity contribution in [2.45, 2.75) is 50.1 Å². The second kappa shape index (κ2) is 2.51. The molecule has 5 fully saturated rings. The predicted octanol–water partition coefficient (Wildman–Crippen LogP) is 0.0802. The first-order chi connectivity index (χ1) is 8.64. The lowest BCUT2D eigenvalue weighted by Gasteiger charge is -2.45. The van der Waals surface area contributed by atoms with Crippen LogP contribution in [-0.4, -0.2) is 48.2 Å². The van der Waals surface area contributed by atoms with Gasteiger partial charge >= 0.3 is 0 Å². The number of carbonyl (C=O) groups is 2. The van der Waals surface area contributed by atoms with Crippen LogP contribution in [0.1, 0.15) is 25.7 Å². The highest BCUT2D eigenvalue weighted by atomic mass is 16.7. The lowest BCUT2D eigenvalue weighted by molar-refractivity contribution is -0.144. The zero-order valence-corrected chi connectivity index (χ0v) is 10.2. The van der Waals surface area contributed by atoms with Crippen LogP contribution in [-0.2, 0) is 19.1 Å². The molecule has 3 aliphatic heterocycles. The van der Waals surface area contributed by atoms with Gasteiger partial charge in [-0.2, -0.15) is 0 Å². The summed E-state index contributed by atoms with van der Waals surface area (Å²) in [5.41, 5.74) is -1.20. The summed E-state index contributed by atoms with van der Waals surface area (Å²) in [6, 6.07) is 0. The van der Waals surface area contributed by atoms with Crippen LogP contribution >= 0.6 is 0 Å². The number of fused-ring (bicyclic) bond motifs is 3. The van der Waals surface area contributed by atoms with Crippen LogP contribution < -0.4 is 0 Å². The van der Waals surface area contributed by atoms with Gasteiger partial charge in [-0.1, -0.05) is 12.8 Å². The van der Waals surface area contributed by atoms with E-state index in [1.165, 1.54) is 4.90 Å². The van der Waals surface area contributed by atoms with E-state index < -0.39 is 10.8 Å². The largest absolute Gasteiger partial charge is 0.365 e. The van der Waals surface area contributed by atoms with Crippen molar-refractivity contribution < 1.29 is 19.1 Å².